The molecule has 1 aliphatic heterocycles. The normalized spacial score (nSPS) is 20.4. The van der Waals surface area contributed by atoms with E-state index in [2.05, 4.69) is 9.98 Å². The van der Waals surface area contributed by atoms with Crippen molar-refractivity contribution >= 4 is 11.9 Å². The first-order valence-electron chi connectivity index (χ1n) is 8.35. The topological polar surface area (TPSA) is 90.0 Å². The summed E-state index contributed by atoms with van der Waals surface area (Å²) < 4.78 is 23.6. The van der Waals surface area contributed by atoms with E-state index < -0.39 is 11.9 Å². The number of pyridine rings is 1. The van der Waals surface area contributed by atoms with Gasteiger partial charge in [0.25, 0.3) is 5.91 Å². The summed E-state index contributed by atoms with van der Waals surface area (Å²) in [6.45, 7) is 3.08. The first kappa shape index (κ1) is 18.6. The van der Waals surface area contributed by atoms with Crippen LogP contribution in [0.3, 0.4) is 0 Å². The van der Waals surface area contributed by atoms with Crippen LogP contribution in [0.15, 0.2) is 41.5 Å². The number of alkyl halides is 1. The summed E-state index contributed by atoms with van der Waals surface area (Å²) in [5.41, 5.74) is 6.41. The smallest absolute Gasteiger partial charge is 0.266 e. The number of carbonyl (C=O) groups excluding carboxylic acids is 1. The Kier molecular flexibility index (Phi) is 4.73. The molecule has 142 valence electrons. The maximum absolute atomic E-state index is 13.2. The highest BCUT2D eigenvalue weighted by Gasteiger charge is 2.49. The predicted molar refractivity (Wildman–Crippen MR) is 98.3 cm³/mol. The molecular weight excluding hydrogens is 351 g/mol. The molecule has 3 rings (SSSR count). The standard InChI is InChI=1S/C19H21FN4O3/c1-11-9-13(5-6-15(11)27-12(2)20)19(17(25)24(3)18(21)23-19)14-7-8-22-16(10-14)26-4/h5-10,12H,1-4H3,(H2,21,23). The van der Waals surface area contributed by atoms with Crippen LogP contribution in [-0.2, 0) is 10.3 Å². The monoisotopic (exact) mass is 372 g/mol. The number of aliphatic imine (C=N–C) groups is 1. The van der Waals surface area contributed by atoms with Crippen LogP contribution in [0.25, 0.3) is 0 Å². The molecule has 1 aromatic carbocycles. The van der Waals surface area contributed by atoms with Gasteiger partial charge in [0.15, 0.2) is 11.5 Å². The molecule has 8 heteroatoms. The number of likely N-dealkylation sites (N-methyl/N-ethyl adjacent to an activating group) is 1. The molecular formula is C19H21FN4O3. The first-order valence-corrected chi connectivity index (χ1v) is 8.35. The minimum absolute atomic E-state index is 0.103. The number of nitrogens with zero attached hydrogens (tertiary/aromatic N) is 3. The van der Waals surface area contributed by atoms with Gasteiger partial charge >= 0.3 is 0 Å². The Morgan fingerprint density at radius 1 is 1.26 bits per heavy atom. The number of aromatic nitrogens is 1. The lowest BCUT2D eigenvalue weighted by atomic mass is 9.82. The lowest BCUT2D eigenvalue weighted by molar-refractivity contribution is -0.129. The van der Waals surface area contributed by atoms with E-state index in [1.165, 1.54) is 18.9 Å². The van der Waals surface area contributed by atoms with Crippen LogP contribution in [0.2, 0.25) is 0 Å². The van der Waals surface area contributed by atoms with Crippen LogP contribution in [0, 0.1) is 6.92 Å². The number of halogens is 1. The fourth-order valence-electron chi connectivity index (χ4n) is 3.11. The molecule has 2 N–H and O–H groups in total. The Morgan fingerprint density at radius 3 is 2.52 bits per heavy atom. The molecule has 0 radical (unpaired) electrons. The van der Waals surface area contributed by atoms with Crippen LogP contribution in [0.5, 0.6) is 11.6 Å². The number of guanidine groups is 1. The molecule has 1 amide bonds. The second kappa shape index (κ2) is 6.86. The third-order valence-corrected chi connectivity index (χ3v) is 4.48. The summed E-state index contributed by atoms with van der Waals surface area (Å²) in [6, 6.07) is 8.40. The van der Waals surface area contributed by atoms with E-state index in [0.717, 1.165) is 0 Å². The summed E-state index contributed by atoms with van der Waals surface area (Å²) in [5, 5.41) is 0. The number of hydrogen-bond donors (Lipinski definition) is 1. The predicted octanol–water partition coefficient (Wildman–Crippen LogP) is 2.12. The van der Waals surface area contributed by atoms with Crippen molar-refractivity contribution in [1.82, 2.24) is 9.88 Å². The molecule has 0 saturated heterocycles. The van der Waals surface area contributed by atoms with E-state index in [1.54, 1.807) is 50.5 Å². The van der Waals surface area contributed by atoms with Gasteiger partial charge in [-0.05, 0) is 36.2 Å². The first-order chi connectivity index (χ1) is 12.8. The number of methoxy groups -OCH3 is 1. The molecule has 0 saturated carbocycles. The largest absolute Gasteiger partial charge is 0.481 e. The molecule has 0 spiro atoms. The van der Waals surface area contributed by atoms with E-state index in [4.69, 9.17) is 15.2 Å². The summed E-state index contributed by atoms with van der Waals surface area (Å²) in [6.07, 6.45) is 0.100. The zero-order valence-corrected chi connectivity index (χ0v) is 15.6. The van der Waals surface area contributed by atoms with Crippen molar-refractivity contribution in [3.8, 4) is 11.6 Å². The minimum atomic E-state index is -1.44. The molecule has 27 heavy (non-hydrogen) atoms. The van der Waals surface area contributed by atoms with Gasteiger partial charge in [-0.3, -0.25) is 9.69 Å². The summed E-state index contributed by atoms with van der Waals surface area (Å²) in [4.78, 5) is 23.1. The Hall–Kier alpha value is -3.16. The van der Waals surface area contributed by atoms with Crippen LogP contribution < -0.4 is 15.2 Å². The molecule has 2 heterocycles. The number of hydrogen-bond acceptors (Lipinski definition) is 6. The highest BCUT2D eigenvalue weighted by atomic mass is 19.1. The number of carbonyl (C=O) groups is 1. The van der Waals surface area contributed by atoms with Crippen molar-refractivity contribution in [2.45, 2.75) is 25.7 Å². The third-order valence-electron chi connectivity index (χ3n) is 4.48. The van der Waals surface area contributed by atoms with Crippen LogP contribution in [0.4, 0.5) is 4.39 Å². The second-order valence-corrected chi connectivity index (χ2v) is 6.27. The van der Waals surface area contributed by atoms with Crippen molar-refractivity contribution in [2.24, 2.45) is 10.7 Å². The molecule has 2 aromatic rings. The van der Waals surface area contributed by atoms with Crippen molar-refractivity contribution in [1.29, 1.82) is 0 Å². The summed E-state index contributed by atoms with van der Waals surface area (Å²) >= 11 is 0. The van der Waals surface area contributed by atoms with Gasteiger partial charge in [-0.2, -0.15) is 0 Å². The van der Waals surface area contributed by atoms with E-state index in [-0.39, 0.29) is 11.9 Å². The number of benzene rings is 1. The van der Waals surface area contributed by atoms with Gasteiger partial charge in [-0.15, -0.1) is 0 Å². The number of nitrogens with two attached hydrogens (primary N) is 1. The Labute approximate surface area is 156 Å². The lowest BCUT2D eigenvalue weighted by Gasteiger charge is -2.27. The average Bonchev–Trinajstić information content (AvgIpc) is 2.88. The van der Waals surface area contributed by atoms with Gasteiger partial charge in [0, 0.05) is 31.8 Å². The molecule has 0 fully saturated rings. The molecule has 1 aliphatic rings. The van der Waals surface area contributed by atoms with Gasteiger partial charge in [0.1, 0.15) is 5.75 Å². The van der Waals surface area contributed by atoms with Crippen molar-refractivity contribution < 1.29 is 18.7 Å². The van der Waals surface area contributed by atoms with E-state index in [1.807, 2.05) is 0 Å². The highest BCUT2D eigenvalue weighted by Crippen LogP contribution is 2.41. The van der Waals surface area contributed by atoms with Crippen LogP contribution in [0.1, 0.15) is 23.6 Å². The Morgan fingerprint density at radius 2 is 1.96 bits per heavy atom. The quantitative estimate of drug-likeness (QED) is 0.868. The van der Waals surface area contributed by atoms with Crippen LogP contribution in [-0.4, -0.2) is 42.3 Å². The van der Waals surface area contributed by atoms with E-state index in [9.17, 15) is 9.18 Å². The molecule has 1 aromatic heterocycles. The molecule has 2 unspecified atom stereocenters. The number of rotatable bonds is 5. The molecule has 7 nitrogen and oxygen atoms in total. The zero-order valence-electron chi connectivity index (χ0n) is 15.6. The van der Waals surface area contributed by atoms with E-state index >= 15 is 0 Å². The fraction of sp³-hybridized carbons (Fsp3) is 0.316. The third kappa shape index (κ3) is 3.07. The molecule has 0 aliphatic carbocycles. The zero-order chi connectivity index (χ0) is 19.8. The minimum Gasteiger partial charge on any atom is -0.481 e. The Bertz CT molecular complexity index is 916. The van der Waals surface area contributed by atoms with Crippen LogP contribution >= 0.6 is 0 Å². The van der Waals surface area contributed by atoms with Gasteiger partial charge in [0.05, 0.1) is 7.11 Å². The lowest BCUT2D eigenvalue weighted by Crippen LogP contribution is -2.41. The van der Waals surface area contributed by atoms with Gasteiger partial charge in [-0.1, -0.05) is 6.07 Å². The van der Waals surface area contributed by atoms with Gasteiger partial charge < -0.3 is 15.2 Å². The SMILES string of the molecule is COc1cc(C2(c3ccc(OC(C)F)c(C)c3)N=C(N)N(C)C2=O)ccn1. The highest BCUT2D eigenvalue weighted by molar-refractivity contribution is 6.08. The Balaban J connectivity index is 2.20. The summed E-state index contributed by atoms with van der Waals surface area (Å²) in [7, 11) is 3.06. The van der Waals surface area contributed by atoms with Gasteiger partial charge in [0.2, 0.25) is 12.2 Å². The second-order valence-electron chi connectivity index (χ2n) is 6.27. The van der Waals surface area contributed by atoms with Crippen molar-refractivity contribution in [3.63, 3.8) is 0 Å². The average molecular weight is 372 g/mol. The van der Waals surface area contributed by atoms with Gasteiger partial charge in [-0.25, -0.2) is 14.4 Å². The maximum Gasteiger partial charge on any atom is 0.266 e. The fourth-order valence-corrected chi connectivity index (χ4v) is 3.11. The van der Waals surface area contributed by atoms with E-state index in [0.29, 0.717) is 28.3 Å². The van der Waals surface area contributed by atoms with Crippen molar-refractivity contribution in [3.05, 3.63) is 53.2 Å². The maximum atomic E-state index is 13.2. The number of aryl methyl sites for hydroxylation is 1. The van der Waals surface area contributed by atoms with Crippen molar-refractivity contribution in [2.75, 3.05) is 14.2 Å². The molecule has 0 bridgehead atoms. The molecule has 2 atom stereocenters. The number of ether oxygens (including phenoxy) is 2. The summed E-state index contributed by atoms with van der Waals surface area (Å²) in [5.74, 6) is 0.546. The number of amides is 1.